The Labute approximate surface area is 111 Å². The Kier molecular flexibility index (Phi) is 4.16. The molecule has 1 amide bonds. The van der Waals surface area contributed by atoms with E-state index in [4.69, 9.17) is 5.11 Å². The van der Waals surface area contributed by atoms with Crippen LogP contribution in [0.2, 0.25) is 0 Å². The van der Waals surface area contributed by atoms with Gasteiger partial charge in [-0.05, 0) is 13.0 Å². The predicted octanol–water partition coefficient (Wildman–Crippen LogP) is -0.500. The first kappa shape index (κ1) is 13.5. The van der Waals surface area contributed by atoms with Gasteiger partial charge in [0.05, 0.1) is 0 Å². The van der Waals surface area contributed by atoms with E-state index in [0.29, 0.717) is 26.2 Å². The van der Waals surface area contributed by atoms with Crippen LogP contribution in [-0.2, 0) is 16.1 Å². The van der Waals surface area contributed by atoms with Gasteiger partial charge in [0, 0.05) is 38.6 Å². The number of nitrogens with zero attached hydrogens (tertiary/aromatic N) is 4. The van der Waals surface area contributed by atoms with Crippen molar-refractivity contribution in [2.45, 2.75) is 19.5 Å². The monoisotopic (exact) mass is 266 g/mol. The lowest BCUT2D eigenvalue weighted by atomic mass is 10.2. The summed E-state index contributed by atoms with van der Waals surface area (Å²) >= 11 is 0. The summed E-state index contributed by atoms with van der Waals surface area (Å²) in [7, 11) is 0. The van der Waals surface area contributed by atoms with Crippen molar-refractivity contribution in [3.63, 3.8) is 0 Å². The van der Waals surface area contributed by atoms with E-state index in [1.807, 2.05) is 4.90 Å². The topological polar surface area (TPSA) is 78.7 Å². The van der Waals surface area contributed by atoms with Crippen LogP contribution >= 0.6 is 0 Å². The molecule has 0 saturated carbocycles. The summed E-state index contributed by atoms with van der Waals surface area (Å²) in [6.07, 6.45) is 3.39. The predicted molar refractivity (Wildman–Crippen MR) is 67.5 cm³/mol. The van der Waals surface area contributed by atoms with E-state index in [0.717, 1.165) is 0 Å². The molecule has 1 aliphatic heterocycles. The summed E-state index contributed by atoms with van der Waals surface area (Å²) < 4.78 is 1.59. The van der Waals surface area contributed by atoms with Gasteiger partial charge < -0.3 is 10.0 Å². The largest absolute Gasteiger partial charge is 0.480 e. The van der Waals surface area contributed by atoms with Crippen molar-refractivity contribution in [2.75, 3.05) is 26.2 Å². The molecule has 0 spiro atoms. The number of carbonyl (C=O) groups is 2. The van der Waals surface area contributed by atoms with E-state index in [1.54, 1.807) is 35.0 Å². The number of carbonyl (C=O) groups excluding carboxylic acids is 1. The van der Waals surface area contributed by atoms with Crippen molar-refractivity contribution >= 4 is 11.9 Å². The first-order valence-corrected chi connectivity index (χ1v) is 6.30. The van der Waals surface area contributed by atoms with Crippen molar-refractivity contribution in [3.05, 3.63) is 18.5 Å². The maximum absolute atomic E-state index is 12.0. The summed E-state index contributed by atoms with van der Waals surface area (Å²) in [6, 6.07) is 1.28. The van der Waals surface area contributed by atoms with Gasteiger partial charge in [-0.25, -0.2) is 0 Å². The van der Waals surface area contributed by atoms with E-state index >= 15 is 0 Å². The van der Waals surface area contributed by atoms with Gasteiger partial charge in [-0.1, -0.05) is 0 Å². The van der Waals surface area contributed by atoms with Crippen LogP contribution in [0.25, 0.3) is 0 Å². The van der Waals surface area contributed by atoms with E-state index < -0.39 is 12.0 Å². The molecule has 1 saturated heterocycles. The normalized spacial score (nSPS) is 18.3. The van der Waals surface area contributed by atoms with Crippen molar-refractivity contribution in [2.24, 2.45) is 0 Å². The van der Waals surface area contributed by atoms with Crippen molar-refractivity contribution in [1.82, 2.24) is 19.6 Å². The van der Waals surface area contributed by atoms with E-state index in [-0.39, 0.29) is 12.5 Å². The maximum Gasteiger partial charge on any atom is 0.320 e. The van der Waals surface area contributed by atoms with E-state index in [1.165, 1.54) is 0 Å². The number of amides is 1. The average Bonchev–Trinajstić information content (AvgIpc) is 2.90. The Morgan fingerprint density at radius 3 is 2.53 bits per heavy atom. The third kappa shape index (κ3) is 3.31. The van der Waals surface area contributed by atoms with Gasteiger partial charge in [-0.2, -0.15) is 5.10 Å². The van der Waals surface area contributed by atoms with Crippen LogP contribution in [0.15, 0.2) is 18.5 Å². The molecule has 1 aromatic heterocycles. The van der Waals surface area contributed by atoms with Crippen LogP contribution in [0, 0.1) is 0 Å². The highest BCUT2D eigenvalue weighted by Gasteiger charge is 2.27. The molecule has 1 unspecified atom stereocenters. The van der Waals surface area contributed by atoms with Gasteiger partial charge in [0.2, 0.25) is 5.91 Å². The number of carboxylic acids is 1. The van der Waals surface area contributed by atoms with Gasteiger partial charge in [0.1, 0.15) is 12.6 Å². The Hall–Kier alpha value is -1.89. The van der Waals surface area contributed by atoms with Gasteiger partial charge in [-0.3, -0.25) is 19.2 Å². The second kappa shape index (κ2) is 5.83. The lowest BCUT2D eigenvalue weighted by Gasteiger charge is -2.36. The molecule has 2 rings (SSSR count). The van der Waals surface area contributed by atoms with Gasteiger partial charge in [0.25, 0.3) is 0 Å². The zero-order valence-corrected chi connectivity index (χ0v) is 10.9. The molecular formula is C12H18N4O3. The highest BCUT2D eigenvalue weighted by atomic mass is 16.4. The van der Waals surface area contributed by atoms with Crippen LogP contribution in [0.5, 0.6) is 0 Å². The minimum atomic E-state index is -0.823. The third-order valence-corrected chi connectivity index (χ3v) is 3.43. The third-order valence-electron chi connectivity index (χ3n) is 3.43. The number of rotatable bonds is 4. The number of aliphatic carboxylic acids is 1. The molecule has 19 heavy (non-hydrogen) atoms. The molecule has 1 fully saturated rings. The second-order valence-corrected chi connectivity index (χ2v) is 4.63. The van der Waals surface area contributed by atoms with Crippen LogP contribution in [-0.4, -0.2) is 68.8 Å². The Morgan fingerprint density at radius 1 is 1.32 bits per heavy atom. The van der Waals surface area contributed by atoms with E-state index in [2.05, 4.69) is 5.10 Å². The number of piperazine rings is 1. The van der Waals surface area contributed by atoms with Crippen LogP contribution < -0.4 is 0 Å². The highest BCUT2D eigenvalue weighted by Crippen LogP contribution is 2.07. The van der Waals surface area contributed by atoms with Crippen LogP contribution in [0.1, 0.15) is 6.92 Å². The zero-order valence-electron chi connectivity index (χ0n) is 10.9. The lowest BCUT2D eigenvalue weighted by molar-refractivity contribution is -0.144. The summed E-state index contributed by atoms with van der Waals surface area (Å²) in [5, 5.41) is 12.9. The minimum absolute atomic E-state index is 0.0197. The average molecular weight is 266 g/mol. The first-order chi connectivity index (χ1) is 9.08. The Balaban J connectivity index is 1.83. The number of carboxylic acid groups (broad SMARTS) is 1. The highest BCUT2D eigenvalue weighted by molar-refractivity contribution is 5.76. The first-order valence-electron chi connectivity index (χ1n) is 6.30. The molecule has 1 N–H and O–H groups in total. The fraction of sp³-hybridized carbons (Fsp3) is 0.583. The van der Waals surface area contributed by atoms with Crippen molar-refractivity contribution < 1.29 is 14.7 Å². The van der Waals surface area contributed by atoms with Crippen LogP contribution in [0.3, 0.4) is 0 Å². The quantitative estimate of drug-likeness (QED) is 0.795. The summed E-state index contributed by atoms with van der Waals surface area (Å²) in [5.41, 5.74) is 0. The van der Waals surface area contributed by atoms with Gasteiger partial charge in [-0.15, -0.1) is 0 Å². The van der Waals surface area contributed by atoms with Gasteiger partial charge >= 0.3 is 5.97 Å². The molecule has 1 aliphatic rings. The summed E-state index contributed by atoms with van der Waals surface area (Å²) in [4.78, 5) is 26.5. The number of aromatic nitrogens is 2. The standard InChI is InChI=1S/C12H18N4O3/c1-10(12(18)19)14-5-7-15(8-6-14)11(17)9-16-4-2-3-13-16/h2-4,10H,5-9H2,1H3,(H,18,19). The smallest absolute Gasteiger partial charge is 0.320 e. The lowest BCUT2D eigenvalue weighted by Crippen LogP contribution is -2.53. The van der Waals surface area contributed by atoms with E-state index in [9.17, 15) is 9.59 Å². The minimum Gasteiger partial charge on any atom is -0.480 e. The maximum atomic E-state index is 12.0. The molecule has 0 aromatic carbocycles. The van der Waals surface area contributed by atoms with Crippen LogP contribution in [0.4, 0.5) is 0 Å². The molecule has 0 aliphatic carbocycles. The fourth-order valence-corrected chi connectivity index (χ4v) is 2.15. The van der Waals surface area contributed by atoms with Gasteiger partial charge in [0.15, 0.2) is 0 Å². The SMILES string of the molecule is CC(C(=O)O)N1CCN(C(=O)Cn2cccn2)CC1. The fourth-order valence-electron chi connectivity index (χ4n) is 2.15. The zero-order chi connectivity index (χ0) is 13.8. The Bertz CT molecular complexity index is 438. The molecule has 0 bridgehead atoms. The number of hydrogen-bond acceptors (Lipinski definition) is 4. The molecule has 7 nitrogen and oxygen atoms in total. The number of hydrogen-bond donors (Lipinski definition) is 1. The summed E-state index contributed by atoms with van der Waals surface area (Å²) in [5.74, 6) is -0.803. The van der Waals surface area contributed by atoms with Crippen molar-refractivity contribution in [3.8, 4) is 0 Å². The second-order valence-electron chi connectivity index (χ2n) is 4.63. The molecular weight excluding hydrogens is 248 g/mol. The summed E-state index contributed by atoms with van der Waals surface area (Å²) in [6.45, 7) is 4.23. The molecule has 2 heterocycles. The molecule has 1 aromatic rings. The molecule has 1 atom stereocenters. The van der Waals surface area contributed by atoms with Crippen molar-refractivity contribution in [1.29, 1.82) is 0 Å². The molecule has 0 radical (unpaired) electrons. The molecule has 104 valence electrons. The Morgan fingerprint density at radius 2 is 2.00 bits per heavy atom. The molecule has 7 heteroatoms.